The number of carbonyl (C=O) groups excluding carboxylic acids is 2. The molecule has 0 saturated carbocycles. The first-order chi connectivity index (χ1) is 10.0. The first-order valence-corrected chi connectivity index (χ1v) is 6.25. The van der Waals surface area contributed by atoms with Crippen LogP contribution in [0.4, 0.5) is 8.78 Å². The molecule has 0 atom stereocenters. The van der Waals surface area contributed by atoms with Crippen LogP contribution in [0.25, 0.3) is 0 Å². The first kappa shape index (κ1) is 13.4. The Hall–Kier alpha value is -2.63. The summed E-state index contributed by atoms with van der Waals surface area (Å²) in [5.41, 5.74) is -0.412. The third kappa shape index (κ3) is 2.08. The molecule has 2 amide bonds. The summed E-state index contributed by atoms with van der Waals surface area (Å²) in [5.74, 6) is -6.08. The Morgan fingerprint density at radius 3 is 2.48 bits per heavy atom. The fourth-order valence-electron chi connectivity index (χ4n) is 2.25. The second-order valence-corrected chi connectivity index (χ2v) is 4.66. The first-order valence-electron chi connectivity index (χ1n) is 6.25. The van der Waals surface area contributed by atoms with Gasteiger partial charge >= 0.3 is 11.8 Å². The summed E-state index contributed by atoms with van der Waals surface area (Å²) in [5, 5.41) is 0. The van der Waals surface area contributed by atoms with Gasteiger partial charge in [-0.15, -0.1) is 0 Å². The number of imide groups is 1. The Kier molecular flexibility index (Phi) is 3.01. The number of nitrogens with zero attached hydrogens (tertiary/aromatic N) is 2. The van der Waals surface area contributed by atoms with E-state index in [1.54, 1.807) is 30.3 Å². The number of hydrogen-bond acceptors (Lipinski definition) is 3. The number of fused-ring (bicyclic) bond motifs is 1. The second kappa shape index (κ2) is 4.73. The van der Waals surface area contributed by atoms with Gasteiger partial charge in [0.1, 0.15) is 5.69 Å². The lowest BCUT2D eigenvalue weighted by molar-refractivity contribution is -0.158. The molecule has 21 heavy (non-hydrogen) atoms. The third-order valence-corrected chi connectivity index (χ3v) is 3.28. The van der Waals surface area contributed by atoms with Crippen LogP contribution >= 0.6 is 0 Å². The van der Waals surface area contributed by atoms with E-state index in [4.69, 9.17) is 0 Å². The van der Waals surface area contributed by atoms with Gasteiger partial charge < -0.3 is 0 Å². The van der Waals surface area contributed by atoms with Crippen molar-refractivity contribution in [1.29, 1.82) is 0 Å². The van der Waals surface area contributed by atoms with Crippen molar-refractivity contribution in [3.63, 3.8) is 0 Å². The average Bonchev–Trinajstić information content (AvgIpc) is 2.51. The SMILES string of the molecule is O=C1c2cccnc2C(F)(F)C(=O)N1Cc1ccccc1. The Morgan fingerprint density at radius 1 is 1.05 bits per heavy atom. The van der Waals surface area contributed by atoms with Crippen molar-refractivity contribution in [3.8, 4) is 0 Å². The molecule has 0 radical (unpaired) electrons. The molecule has 1 aliphatic heterocycles. The highest BCUT2D eigenvalue weighted by molar-refractivity contribution is 6.11. The maximum absolute atomic E-state index is 14.1. The number of aromatic nitrogens is 1. The summed E-state index contributed by atoms with van der Waals surface area (Å²) in [4.78, 5) is 28.3. The quantitative estimate of drug-likeness (QED) is 0.797. The van der Waals surface area contributed by atoms with Gasteiger partial charge in [-0.1, -0.05) is 30.3 Å². The lowest BCUT2D eigenvalue weighted by Gasteiger charge is -2.31. The molecule has 0 N–H and O–H groups in total. The van der Waals surface area contributed by atoms with E-state index in [9.17, 15) is 18.4 Å². The van der Waals surface area contributed by atoms with Crippen LogP contribution < -0.4 is 0 Å². The van der Waals surface area contributed by atoms with Crippen LogP contribution in [-0.4, -0.2) is 21.7 Å². The number of halogens is 2. The van der Waals surface area contributed by atoms with Gasteiger partial charge in [0.15, 0.2) is 0 Å². The van der Waals surface area contributed by atoms with Crippen molar-refractivity contribution in [3.05, 3.63) is 65.5 Å². The summed E-state index contributed by atoms with van der Waals surface area (Å²) < 4.78 is 28.2. The number of hydrogen-bond donors (Lipinski definition) is 0. The lowest BCUT2D eigenvalue weighted by Crippen LogP contribution is -2.50. The van der Waals surface area contributed by atoms with Crippen molar-refractivity contribution in [1.82, 2.24) is 9.88 Å². The minimum absolute atomic E-state index is 0.192. The smallest absolute Gasteiger partial charge is 0.269 e. The van der Waals surface area contributed by atoms with E-state index in [1.807, 2.05) is 0 Å². The molecule has 0 spiro atoms. The second-order valence-electron chi connectivity index (χ2n) is 4.66. The van der Waals surface area contributed by atoms with E-state index in [2.05, 4.69) is 4.98 Å². The highest BCUT2D eigenvalue weighted by Crippen LogP contribution is 2.36. The molecule has 0 aliphatic carbocycles. The Labute approximate surface area is 119 Å². The fraction of sp³-hybridized carbons (Fsp3) is 0.133. The highest BCUT2D eigenvalue weighted by atomic mass is 19.3. The number of alkyl halides is 2. The van der Waals surface area contributed by atoms with E-state index in [0.29, 0.717) is 10.5 Å². The van der Waals surface area contributed by atoms with Crippen molar-refractivity contribution in [2.24, 2.45) is 0 Å². The van der Waals surface area contributed by atoms with Gasteiger partial charge in [0.05, 0.1) is 12.1 Å². The van der Waals surface area contributed by atoms with Crippen LogP contribution in [0.15, 0.2) is 48.7 Å². The molecule has 1 aromatic carbocycles. The van der Waals surface area contributed by atoms with E-state index in [-0.39, 0.29) is 12.1 Å². The minimum Gasteiger partial charge on any atom is -0.269 e. The molecular weight excluding hydrogens is 278 g/mol. The van der Waals surface area contributed by atoms with Gasteiger partial charge in [0, 0.05) is 6.20 Å². The van der Waals surface area contributed by atoms with E-state index in [0.717, 1.165) is 6.20 Å². The third-order valence-electron chi connectivity index (χ3n) is 3.28. The monoisotopic (exact) mass is 288 g/mol. The van der Waals surface area contributed by atoms with Gasteiger partial charge in [0.25, 0.3) is 5.91 Å². The standard InChI is InChI=1S/C15H10F2N2O2/c16-15(17)12-11(7-4-8-18-12)13(20)19(14(15)21)9-10-5-2-1-3-6-10/h1-8H,9H2. The summed E-state index contributed by atoms with van der Waals surface area (Å²) >= 11 is 0. The Bertz CT molecular complexity index is 717. The molecule has 0 bridgehead atoms. The van der Waals surface area contributed by atoms with Crippen molar-refractivity contribution >= 4 is 11.8 Å². The number of benzene rings is 1. The van der Waals surface area contributed by atoms with Crippen LogP contribution in [0.1, 0.15) is 21.6 Å². The number of carbonyl (C=O) groups is 2. The molecule has 1 aliphatic rings. The molecule has 0 fully saturated rings. The topological polar surface area (TPSA) is 50.3 Å². The largest absolute Gasteiger partial charge is 0.367 e. The molecule has 1 aromatic heterocycles. The summed E-state index contributed by atoms with van der Waals surface area (Å²) in [6.07, 6.45) is 1.14. The van der Waals surface area contributed by atoms with E-state index < -0.39 is 23.4 Å². The zero-order chi connectivity index (χ0) is 15.0. The number of amides is 2. The molecule has 6 heteroatoms. The van der Waals surface area contributed by atoms with Crippen molar-refractivity contribution < 1.29 is 18.4 Å². The summed E-state index contributed by atoms with van der Waals surface area (Å²) in [6.45, 7) is -0.192. The van der Waals surface area contributed by atoms with E-state index in [1.165, 1.54) is 12.1 Å². The molecule has 2 heterocycles. The normalized spacial score (nSPS) is 16.8. The van der Waals surface area contributed by atoms with Crippen LogP contribution in [0, 0.1) is 0 Å². The zero-order valence-corrected chi connectivity index (χ0v) is 10.8. The van der Waals surface area contributed by atoms with Gasteiger partial charge in [-0.25, -0.2) is 0 Å². The number of rotatable bonds is 2. The molecule has 3 rings (SSSR count). The fourth-order valence-corrected chi connectivity index (χ4v) is 2.25. The maximum atomic E-state index is 14.1. The predicted octanol–water partition coefficient (Wildman–Crippen LogP) is 2.36. The van der Waals surface area contributed by atoms with Gasteiger partial charge in [-0.2, -0.15) is 8.78 Å². The van der Waals surface area contributed by atoms with Gasteiger partial charge in [-0.3, -0.25) is 19.5 Å². The van der Waals surface area contributed by atoms with Crippen LogP contribution in [-0.2, 0) is 17.3 Å². The molecular formula is C15H10F2N2O2. The maximum Gasteiger partial charge on any atom is 0.367 e. The average molecular weight is 288 g/mol. The van der Waals surface area contributed by atoms with Crippen LogP contribution in [0.5, 0.6) is 0 Å². The Morgan fingerprint density at radius 2 is 1.76 bits per heavy atom. The molecule has 4 nitrogen and oxygen atoms in total. The molecule has 0 unspecified atom stereocenters. The van der Waals surface area contributed by atoms with E-state index >= 15 is 0 Å². The highest BCUT2D eigenvalue weighted by Gasteiger charge is 2.53. The van der Waals surface area contributed by atoms with Gasteiger partial charge in [0.2, 0.25) is 0 Å². The minimum atomic E-state index is -3.79. The summed E-state index contributed by atoms with van der Waals surface area (Å²) in [6, 6.07) is 11.2. The number of pyridine rings is 1. The summed E-state index contributed by atoms with van der Waals surface area (Å²) in [7, 11) is 0. The zero-order valence-electron chi connectivity index (χ0n) is 10.8. The Balaban J connectivity index is 2.04. The predicted molar refractivity (Wildman–Crippen MR) is 69.5 cm³/mol. The van der Waals surface area contributed by atoms with Crippen molar-refractivity contribution in [2.75, 3.05) is 0 Å². The molecule has 0 saturated heterocycles. The van der Waals surface area contributed by atoms with Crippen molar-refractivity contribution in [2.45, 2.75) is 12.5 Å². The molecule has 106 valence electrons. The van der Waals surface area contributed by atoms with Crippen LogP contribution in [0.2, 0.25) is 0 Å². The lowest BCUT2D eigenvalue weighted by atomic mass is 10.00. The van der Waals surface area contributed by atoms with Crippen LogP contribution in [0.3, 0.4) is 0 Å². The molecule has 2 aromatic rings. The van der Waals surface area contributed by atoms with Gasteiger partial charge in [-0.05, 0) is 17.7 Å².